The van der Waals surface area contributed by atoms with Gasteiger partial charge in [-0.05, 0) is 33.6 Å². The van der Waals surface area contributed by atoms with E-state index in [-0.39, 0.29) is 6.10 Å². The topological polar surface area (TPSA) is 55.4 Å². The van der Waals surface area contributed by atoms with E-state index in [4.69, 9.17) is 4.74 Å². The fraction of sp³-hybridized carbons (Fsp3) is 1.00. The first-order valence-corrected chi connectivity index (χ1v) is 7.67. The number of hydrogen-bond acceptors (Lipinski definition) is 4. The molecule has 0 bridgehead atoms. The SMILES string of the molecule is CC1CCC(CNCC(C)(C)S(C)(=O)=O)O1. The van der Waals surface area contributed by atoms with Gasteiger partial charge in [0.15, 0.2) is 9.84 Å². The van der Waals surface area contributed by atoms with Gasteiger partial charge in [0, 0.05) is 19.3 Å². The van der Waals surface area contributed by atoms with Gasteiger partial charge >= 0.3 is 0 Å². The molecule has 1 rings (SSSR count). The highest BCUT2D eigenvalue weighted by molar-refractivity contribution is 7.92. The van der Waals surface area contributed by atoms with Gasteiger partial charge in [0.25, 0.3) is 0 Å². The molecule has 0 saturated carbocycles. The second-order valence-corrected chi connectivity index (χ2v) is 7.96. The van der Waals surface area contributed by atoms with E-state index in [2.05, 4.69) is 12.2 Å². The zero-order valence-corrected chi connectivity index (χ0v) is 11.4. The van der Waals surface area contributed by atoms with Gasteiger partial charge in [0.1, 0.15) is 0 Å². The summed E-state index contributed by atoms with van der Waals surface area (Å²) in [6.45, 7) is 6.77. The molecule has 1 heterocycles. The standard InChI is InChI=1S/C11H23NO3S/c1-9-5-6-10(15-9)7-12-8-11(2,3)16(4,13)14/h9-10,12H,5-8H2,1-4H3. The van der Waals surface area contributed by atoms with Crippen molar-refractivity contribution >= 4 is 9.84 Å². The van der Waals surface area contributed by atoms with Crippen molar-refractivity contribution in [2.75, 3.05) is 19.3 Å². The van der Waals surface area contributed by atoms with Crippen LogP contribution in [0.25, 0.3) is 0 Å². The molecule has 1 N–H and O–H groups in total. The Kier molecular flexibility index (Phi) is 4.37. The first-order chi connectivity index (χ1) is 7.22. The molecule has 0 aromatic carbocycles. The third kappa shape index (κ3) is 3.71. The van der Waals surface area contributed by atoms with Crippen LogP contribution in [0.2, 0.25) is 0 Å². The van der Waals surface area contributed by atoms with Crippen LogP contribution in [0.4, 0.5) is 0 Å². The molecule has 16 heavy (non-hydrogen) atoms. The number of rotatable bonds is 5. The van der Waals surface area contributed by atoms with Crippen LogP contribution < -0.4 is 5.32 Å². The van der Waals surface area contributed by atoms with Crippen molar-refractivity contribution in [2.24, 2.45) is 0 Å². The molecule has 0 amide bonds. The highest BCUT2D eigenvalue weighted by Gasteiger charge is 2.30. The van der Waals surface area contributed by atoms with E-state index in [1.165, 1.54) is 6.26 Å². The van der Waals surface area contributed by atoms with E-state index in [9.17, 15) is 8.42 Å². The summed E-state index contributed by atoms with van der Waals surface area (Å²) in [5.74, 6) is 0. The Bertz CT molecular complexity index is 324. The van der Waals surface area contributed by atoms with Gasteiger partial charge in [-0.25, -0.2) is 8.42 Å². The van der Waals surface area contributed by atoms with Gasteiger partial charge in [-0.15, -0.1) is 0 Å². The largest absolute Gasteiger partial charge is 0.374 e. The fourth-order valence-electron chi connectivity index (χ4n) is 1.70. The minimum Gasteiger partial charge on any atom is -0.374 e. The summed E-state index contributed by atoms with van der Waals surface area (Å²) in [7, 11) is -3.01. The van der Waals surface area contributed by atoms with Crippen LogP contribution in [0.3, 0.4) is 0 Å². The molecular weight excluding hydrogens is 226 g/mol. The van der Waals surface area contributed by atoms with Gasteiger partial charge in [-0.3, -0.25) is 0 Å². The average molecular weight is 249 g/mol. The van der Waals surface area contributed by atoms with Crippen molar-refractivity contribution in [2.45, 2.75) is 50.6 Å². The molecule has 2 unspecified atom stereocenters. The Balaban J connectivity index is 2.30. The third-order valence-corrected chi connectivity index (χ3v) is 5.40. The van der Waals surface area contributed by atoms with Gasteiger partial charge in [0.05, 0.1) is 17.0 Å². The van der Waals surface area contributed by atoms with Gasteiger partial charge in [-0.1, -0.05) is 0 Å². The highest BCUT2D eigenvalue weighted by atomic mass is 32.2. The Hall–Kier alpha value is -0.130. The first kappa shape index (κ1) is 13.9. The molecule has 5 heteroatoms. The summed E-state index contributed by atoms with van der Waals surface area (Å²) in [5.41, 5.74) is 0. The molecule has 0 radical (unpaired) electrons. The molecule has 0 aliphatic carbocycles. The molecule has 4 nitrogen and oxygen atoms in total. The number of hydrogen-bond donors (Lipinski definition) is 1. The van der Waals surface area contributed by atoms with Crippen LogP contribution in [0, 0.1) is 0 Å². The van der Waals surface area contributed by atoms with Crippen LogP contribution in [0.5, 0.6) is 0 Å². The van der Waals surface area contributed by atoms with Crippen molar-refractivity contribution < 1.29 is 13.2 Å². The molecule has 1 fully saturated rings. The summed E-state index contributed by atoms with van der Waals surface area (Å²) in [6, 6.07) is 0. The fourth-order valence-corrected chi connectivity index (χ4v) is 2.06. The van der Waals surface area contributed by atoms with Gasteiger partial charge in [0.2, 0.25) is 0 Å². The molecule has 0 aromatic rings. The smallest absolute Gasteiger partial charge is 0.153 e. The van der Waals surface area contributed by atoms with Crippen molar-refractivity contribution in [3.63, 3.8) is 0 Å². The van der Waals surface area contributed by atoms with Gasteiger partial charge < -0.3 is 10.1 Å². The summed E-state index contributed by atoms with van der Waals surface area (Å²) < 4.78 is 27.9. The molecule has 0 spiro atoms. The van der Waals surface area contributed by atoms with E-state index in [1.807, 2.05) is 0 Å². The van der Waals surface area contributed by atoms with Crippen LogP contribution in [0.15, 0.2) is 0 Å². The van der Waals surface area contributed by atoms with Crippen LogP contribution in [0.1, 0.15) is 33.6 Å². The van der Waals surface area contributed by atoms with Crippen molar-refractivity contribution in [1.29, 1.82) is 0 Å². The third-order valence-electron chi connectivity index (χ3n) is 3.25. The monoisotopic (exact) mass is 249 g/mol. The van der Waals surface area contributed by atoms with E-state index >= 15 is 0 Å². The summed E-state index contributed by atoms with van der Waals surface area (Å²) in [4.78, 5) is 0. The van der Waals surface area contributed by atoms with E-state index in [0.29, 0.717) is 12.6 Å². The predicted molar refractivity (Wildman–Crippen MR) is 65.4 cm³/mol. The first-order valence-electron chi connectivity index (χ1n) is 5.78. The van der Waals surface area contributed by atoms with E-state index in [0.717, 1.165) is 19.4 Å². The Morgan fingerprint density at radius 1 is 1.38 bits per heavy atom. The highest BCUT2D eigenvalue weighted by Crippen LogP contribution is 2.19. The summed E-state index contributed by atoms with van der Waals surface area (Å²) >= 11 is 0. The van der Waals surface area contributed by atoms with Crippen LogP contribution >= 0.6 is 0 Å². The minimum absolute atomic E-state index is 0.241. The van der Waals surface area contributed by atoms with E-state index < -0.39 is 14.6 Å². The maximum atomic E-state index is 11.5. The lowest BCUT2D eigenvalue weighted by Crippen LogP contribution is -2.43. The quantitative estimate of drug-likeness (QED) is 0.789. The van der Waals surface area contributed by atoms with Crippen molar-refractivity contribution in [1.82, 2.24) is 5.32 Å². The zero-order chi connectivity index (χ0) is 12.4. The van der Waals surface area contributed by atoms with Crippen LogP contribution in [-0.4, -0.2) is 44.7 Å². The Morgan fingerprint density at radius 3 is 2.44 bits per heavy atom. The zero-order valence-electron chi connectivity index (χ0n) is 10.6. The summed E-state index contributed by atoms with van der Waals surface area (Å²) in [5, 5.41) is 3.19. The molecule has 1 aliphatic heterocycles. The number of nitrogens with one attached hydrogen (secondary N) is 1. The maximum absolute atomic E-state index is 11.5. The van der Waals surface area contributed by atoms with Crippen molar-refractivity contribution in [3.05, 3.63) is 0 Å². The maximum Gasteiger partial charge on any atom is 0.153 e. The molecule has 1 saturated heterocycles. The van der Waals surface area contributed by atoms with E-state index in [1.54, 1.807) is 13.8 Å². The minimum atomic E-state index is -3.01. The molecule has 2 atom stereocenters. The number of ether oxygens (including phenoxy) is 1. The normalized spacial score (nSPS) is 27.2. The van der Waals surface area contributed by atoms with Crippen molar-refractivity contribution in [3.8, 4) is 0 Å². The Labute approximate surface area is 98.7 Å². The second kappa shape index (κ2) is 5.02. The molecule has 1 aliphatic rings. The van der Waals surface area contributed by atoms with Gasteiger partial charge in [-0.2, -0.15) is 0 Å². The lowest BCUT2D eigenvalue weighted by molar-refractivity contribution is 0.0559. The molecule has 96 valence electrons. The molecule has 0 aromatic heterocycles. The number of sulfone groups is 1. The Morgan fingerprint density at radius 2 is 2.00 bits per heavy atom. The lowest BCUT2D eigenvalue weighted by atomic mass is 10.2. The van der Waals surface area contributed by atoms with Crippen LogP contribution in [-0.2, 0) is 14.6 Å². The second-order valence-electron chi connectivity index (χ2n) is 5.31. The average Bonchev–Trinajstić information content (AvgIpc) is 2.49. The predicted octanol–water partition coefficient (Wildman–Crippen LogP) is 0.967. The molecular formula is C11H23NO3S. The summed E-state index contributed by atoms with van der Waals surface area (Å²) in [6.07, 6.45) is 4.03. The lowest BCUT2D eigenvalue weighted by Gasteiger charge is -2.23.